The molecule has 134 valence electrons. The maximum absolute atomic E-state index is 12.6. The van der Waals surface area contributed by atoms with Gasteiger partial charge in [0, 0.05) is 24.5 Å². The van der Waals surface area contributed by atoms with Gasteiger partial charge in [0.15, 0.2) is 12.4 Å². The summed E-state index contributed by atoms with van der Waals surface area (Å²) in [5.41, 5.74) is 2.37. The van der Waals surface area contributed by atoms with E-state index >= 15 is 0 Å². The average Bonchev–Trinajstić information content (AvgIpc) is 3.27. The summed E-state index contributed by atoms with van der Waals surface area (Å²) in [5.74, 6) is 0.807. The van der Waals surface area contributed by atoms with Gasteiger partial charge in [-0.1, -0.05) is 12.1 Å². The lowest BCUT2D eigenvalue weighted by Gasteiger charge is -2.23. The van der Waals surface area contributed by atoms with Crippen molar-refractivity contribution in [3.63, 3.8) is 0 Å². The second-order valence-electron chi connectivity index (χ2n) is 6.52. The third-order valence-electron chi connectivity index (χ3n) is 4.67. The highest BCUT2D eigenvalue weighted by Crippen LogP contribution is 2.31. The van der Waals surface area contributed by atoms with Crippen LogP contribution in [0.2, 0.25) is 0 Å². The zero-order chi connectivity index (χ0) is 18.1. The number of likely N-dealkylation sites (tertiary alicyclic amines) is 1. The number of ether oxygens (including phenoxy) is 1. The minimum absolute atomic E-state index is 0.0881. The summed E-state index contributed by atoms with van der Waals surface area (Å²) in [6.07, 6.45) is 3.26. The molecule has 1 saturated heterocycles. The normalized spacial score (nSPS) is 17.0. The summed E-state index contributed by atoms with van der Waals surface area (Å²) in [6, 6.07) is 9.18. The standard InChI is InChI=1S/C19H20N4O3/c1-12-9-16(24)17(10-20-12)26-11-18(25)23-8-4-7-15(23)19-21-13-5-2-3-6-14(13)22-19/h2-3,5-6,9-10,15H,4,7-8,11H2,1H3,(H,20,24)(H,21,22). The number of aromatic nitrogens is 3. The molecule has 2 aromatic heterocycles. The van der Waals surface area contributed by atoms with Crippen LogP contribution in [0.1, 0.15) is 30.4 Å². The molecule has 1 aliphatic heterocycles. The molecule has 1 atom stereocenters. The number of fused-ring (bicyclic) bond motifs is 1. The number of H-pyrrole nitrogens is 2. The lowest BCUT2D eigenvalue weighted by atomic mass is 10.2. The van der Waals surface area contributed by atoms with E-state index < -0.39 is 0 Å². The number of aromatic amines is 2. The number of carbonyl (C=O) groups excluding carboxylic acids is 1. The molecule has 2 N–H and O–H groups in total. The molecule has 3 aromatic rings. The van der Waals surface area contributed by atoms with Gasteiger partial charge in [-0.3, -0.25) is 9.59 Å². The SMILES string of the molecule is Cc1cc(=O)c(OCC(=O)N2CCCC2c2nc3ccccc3[nH]2)c[nH]1. The highest BCUT2D eigenvalue weighted by atomic mass is 16.5. The molecule has 1 amide bonds. The molecule has 0 radical (unpaired) electrons. The number of rotatable bonds is 4. The van der Waals surface area contributed by atoms with Crippen LogP contribution in [0.15, 0.2) is 41.3 Å². The summed E-state index contributed by atoms with van der Waals surface area (Å²) < 4.78 is 5.44. The molecule has 1 unspecified atom stereocenters. The maximum Gasteiger partial charge on any atom is 0.261 e. The van der Waals surface area contributed by atoms with E-state index in [1.165, 1.54) is 12.3 Å². The highest BCUT2D eigenvalue weighted by molar-refractivity contribution is 5.79. The van der Waals surface area contributed by atoms with Crippen molar-refractivity contribution in [2.24, 2.45) is 0 Å². The van der Waals surface area contributed by atoms with Crippen molar-refractivity contribution in [3.05, 3.63) is 58.3 Å². The van der Waals surface area contributed by atoms with E-state index in [2.05, 4.69) is 15.0 Å². The Kier molecular flexibility index (Phi) is 4.20. The van der Waals surface area contributed by atoms with E-state index in [-0.39, 0.29) is 29.7 Å². The fourth-order valence-electron chi connectivity index (χ4n) is 3.37. The Morgan fingerprint density at radius 1 is 1.38 bits per heavy atom. The fourth-order valence-corrected chi connectivity index (χ4v) is 3.37. The van der Waals surface area contributed by atoms with Crippen molar-refractivity contribution in [2.45, 2.75) is 25.8 Å². The number of nitrogens with zero attached hydrogens (tertiary/aromatic N) is 2. The summed E-state index contributed by atoms with van der Waals surface area (Å²) in [5, 5.41) is 0. The van der Waals surface area contributed by atoms with Gasteiger partial charge in [0.2, 0.25) is 5.43 Å². The number of aryl methyl sites for hydroxylation is 1. The molecule has 7 nitrogen and oxygen atoms in total. The molecule has 0 aliphatic carbocycles. The van der Waals surface area contributed by atoms with E-state index in [4.69, 9.17) is 4.74 Å². The van der Waals surface area contributed by atoms with Crippen LogP contribution in [0, 0.1) is 6.92 Å². The zero-order valence-corrected chi connectivity index (χ0v) is 14.5. The molecular weight excluding hydrogens is 332 g/mol. The van der Waals surface area contributed by atoms with Gasteiger partial charge in [0.05, 0.1) is 17.1 Å². The van der Waals surface area contributed by atoms with Crippen molar-refractivity contribution in [2.75, 3.05) is 13.2 Å². The topological polar surface area (TPSA) is 91.1 Å². The third kappa shape index (κ3) is 3.08. The summed E-state index contributed by atoms with van der Waals surface area (Å²) in [7, 11) is 0. The Hall–Kier alpha value is -3.09. The van der Waals surface area contributed by atoms with Gasteiger partial charge in [-0.15, -0.1) is 0 Å². The Bertz CT molecular complexity index is 974. The monoisotopic (exact) mass is 352 g/mol. The second-order valence-corrected chi connectivity index (χ2v) is 6.52. The highest BCUT2D eigenvalue weighted by Gasteiger charge is 2.32. The first kappa shape index (κ1) is 16.4. The van der Waals surface area contributed by atoms with E-state index in [1.807, 2.05) is 24.3 Å². The first-order valence-electron chi connectivity index (χ1n) is 8.68. The quantitative estimate of drug-likeness (QED) is 0.754. The minimum Gasteiger partial charge on any atom is -0.478 e. The van der Waals surface area contributed by atoms with Crippen LogP contribution in [-0.4, -0.2) is 38.9 Å². The summed E-state index contributed by atoms with van der Waals surface area (Å²) >= 11 is 0. The second kappa shape index (κ2) is 6.67. The van der Waals surface area contributed by atoms with E-state index in [0.717, 1.165) is 35.4 Å². The largest absolute Gasteiger partial charge is 0.478 e. The van der Waals surface area contributed by atoms with E-state index in [9.17, 15) is 9.59 Å². The molecule has 7 heteroatoms. The molecule has 4 rings (SSSR count). The predicted octanol–water partition coefficient (Wildman–Crippen LogP) is 2.30. The maximum atomic E-state index is 12.6. The molecule has 0 bridgehead atoms. The lowest BCUT2D eigenvalue weighted by Crippen LogP contribution is -2.35. The van der Waals surface area contributed by atoms with Gasteiger partial charge in [-0.05, 0) is 31.9 Å². The molecular formula is C19H20N4O3. The van der Waals surface area contributed by atoms with E-state index in [1.54, 1.807) is 11.8 Å². The number of pyridine rings is 1. The van der Waals surface area contributed by atoms with Gasteiger partial charge in [0.1, 0.15) is 5.82 Å². The number of benzene rings is 1. The van der Waals surface area contributed by atoms with Crippen LogP contribution < -0.4 is 10.2 Å². The summed E-state index contributed by atoms with van der Waals surface area (Å²) in [6.45, 7) is 2.29. The lowest BCUT2D eigenvalue weighted by molar-refractivity contribution is -0.134. The van der Waals surface area contributed by atoms with Gasteiger partial charge in [-0.2, -0.15) is 0 Å². The molecule has 0 saturated carbocycles. The Labute approximate surface area is 150 Å². The fraction of sp³-hybridized carbons (Fsp3) is 0.316. The number of hydrogen-bond acceptors (Lipinski definition) is 4. The van der Waals surface area contributed by atoms with Crippen molar-refractivity contribution in [1.82, 2.24) is 19.9 Å². The number of para-hydroxylation sites is 2. The first-order valence-corrected chi connectivity index (χ1v) is 8.68. The van der Waals surface area contributed by atoms with Gasteiger partial charge < -0.3 is 19.6 Å². The van der Waals surface area contributed by atoms with Gasteiger partial charge in [0.25, 0.3) is 5.91 Å². The van der Waals surface area contributed by atoms with Gasteiger partial charge >= 0.3 is 0 Å². The van der Waals surface area contributed by atoms with Crippen molar-refractivity contribution in [1.29, 1.82) is 0 Å². The first-order chi connectivity index (χ1) is 12.6. The van der Waals surface area contributed by atoms with Crippen LogP contribution in [0.3, 0.4) is 0 Å². The number of hydrogen-bond donors (Lipinski definition) is 2. The third-order valence-corrected chi connectivity index (χ3v) is 4.67. The van der Waals surface area contributed by atoms with Gasteiger partial charge in [-0.25, -0.2) is 4.98 Å². The van der Waals surface area contributed by atoms with Crippen LogP contribution in [-0.2, 0) is 4.79 Å². The average molecular weight is 352 g/mol. The summed E-state index contributed by atoms with van der Waals surface area (Å²) in [4.78, 5) is 37.1. The number of carbonyl (C=O) groups is 1. The van der Waals surface area contributed by atoms with Crippen LogP contribution in [0.25, 0.3) is 11.0 Å². The number of nitrogens with one attached hydrogen (secondary N) is 2. The van der Waals surface area contributed by atoms with Crippen LogP contribution >= 0.6 is 0 Å². The van der Waals surface area contributed by atoms with Crippen molar-refractivity contribution in [3.8, 4) is 5.75 Å². The van der Waals surface area contributed by atoms with Crippen molar-refractivity contribution >= 4 is 16.9 Å². The molecule has 3 heterocycles. The van der Waals surface area contributed by atoms with E-state index in [0.29, 0.717) is 6.54 Å². The molecule has 1 aromatic carbocycles. The van der Waals surface area contributed by atoms with Crippen LogP contribution in [0.4, 0.5) is 0 Å². The molecule has 1 fully saturated rings. The predicted molar refractivity (Wildman–Crippen MR) is 97.1 cm³/mol. The number of imidazole rings is 1. The smallest absolute Gasteiger partial charge is 0.261 e. The zero-order valence-electron chi connectivity index (χ0n) is 14.5. The van der Waals surface area contributed by atoms with Crippen LogP contribution in [0.5, 0.6) is 5.75 Å². The molecule has 26 heavy (non-hydrogen) atoms. The Balaban J connectivity index is 1.48. The minimum atomic E-state index is -0.232. The Morgan fingerprint density at radius 2 is 2.23 bits per heavy atom. The number of amides is 1. The Morgan fingerprint density at radius 3 is 3.04 bits per heavy atom. The molecule has 1 aliphatic rings. The molecule has 0 spiro atoms. The van der Waals surface area contributed by atoms with Crippen molar-refractivity contribution < 1.29 is 9.53 Å².